The molecule has 6 nitrogen and oxygen atoms in total. The fraction of sp³-hybridized carbons (Fsp3) is 0.375. The Kier molecular flexibility index (Phi) is 8.20. The molecule has 6 heteroatoms. The number of benzene rings is 3. The Morgan fingerprint density at radius 2 is 1.61 bits per heavy atom. The van der Waals surface area contributed by atoms with Crippen molar-refractivity contribution in [1.29, 1.82) is 0 Å². The van der Waals surface area contributed by atoms with Crippen molar-refractivity contribution in [3.63, 3.8) is 0 Å². The van der Waals surface area contributed by atoms with E-state index in [0.717, 1.165) is 55.3 Å². The summed E-state index contributed by atoms with van der Waals surface area (Å²) in [6.07, 6.45) is 0.701. The highest BCUT2D eigenvalue weighted by atomic mass is 16.5. The van der Waals surface area contributed by atoms with Gasteiger partial charge >= 0.3 is 0 Å². The molecule has 5 rings (SSSR count). The van der Waals surface area contributed by atoms with Crippen molar-refractivity contribution >= 4 is 11.6 Å². The summed E-state index contributed by atoms with van der Waals surface area (Å²) >= 11 is 0. The van der Waals surface area contributed by atoms with E-state index in [4.69, 9.17) is 9.84 Å². The molecule has 0 radical (unpaired) electrons. The maximum absolute atomic E-state index is 13.7. The molecule has 0 unspecified atom stereocenters. The first-order chi connectivity index (χ1) is 18.5. The second-order valence-corrected chi connectivity index (χ2v) is 10.3. The van der Waals surface area contributed by atoms with Crippen molar-refractivity contribution in [2.45, 2.75) is 39.8 Å². The Morgan fingerprint density at radius 3 is 2.29 bits per heavy atom. The minimum absolute atomic E-state index is 0.0548. The average molecular weight is 511 g/mol. The summed E-state index contributed by atoms with van der Waals surface area (Å²) in [6, 6.07) is 25.0. The molecule has 198 valence electrons. The molecule has 0 aromatic heterocycles. The van der Waals surface area contributed by atoms with Gasteiger partial charge < -0.3 is 4.74 Å². The van der Waals surface area contributed by atoms with Crippen molar-refractivity contribution in [3.05, 3.63) is 101 Å². The van der Waals surface area contributed by atoms with E-state index in [9.17, 15) is 4.79 Å². The third kappa shape index (κ3) is 6.14. The van der Waals surface area contributed by atoms with Crippen molar-refractivity contribution in [2.75, 3.05) is 39.3 Å². The van der Waals surface area contributed by atoms with Gasteiger partial charge in [0.1, 0.15) is 5.75 Å². The topological polar surface area (TPSA) is 48.4 Å². The molecular formula is C32H38N4O2. The van der Waals surface area contributed by atoms with Crippen molar-refractivity contribution in [2.24, 2.45) is 5.10 Å². The monoisotopic (exact) mass is 510 g/mol. The lowest BCUT2D eigenvalue weighted by Gasteiger charge is -2.35. The van der Waals surface area contributed by atoms with Crippen LogP contribution in [0.1, 0.15) is 47.2 Å². The number of rotatable bonds is 8. The van der Waals surface area contributed by atoms with Gasteiger partial charge in [-0.2, -0.15) is 5.10 Å². The van der Waals surface area contributed by atoms with E-state index >= 15 is 0 Å². The maximum atomic E-state index is 13.7. The van der Waals surface area contributed by atoms with Crippen LogP contribution < -0.4 is 4.74 Å². The molecule has 1 atom stereocenters. The molecule has 2 aliphatic heterocycles. The fourth-order valence-electron chi connectivity index (χ4n) is 5.26. The van der Waals surface area contributed by atoms with Crippen LogP contribution in [-0.4, -0.2) is 65.8 Å². The van der Waals surface area contributed by atoms with E-state index in [-0.39, 0.29) is 11.9 Å². The highest BCUT2D eigenvalue weighted by Gasteiger charge is 2.34. The van der Waals surface area contributed by atoms with Gasteiger partial charge in [0.15, 0.2) is 0 Å². The lowest BCUT2D eigenvalue weighted by molar-refractivity contribution is -0.134. The zero-order valence-corrected chi connectivity index (χ0v) is 22.8. The fourth-order valence-corrected chi connectivity index (χ4v) is 5.26. The Bertz CT molecular complexity index is 1260. The van der Waals surface area contributed by atoms with Gasteiger partial charge in [-0.15, -0.1) is 0 Å². The van der Waals surface area contributed by atoms with Crippen molar-refractivity contribution in [3.8, 4) is 5.75 Å². The summed E-state index contributed by atoms with van der Waals surface area (Å²) in [5.74, 6) is 0.898. The Balaban J connectivity index is 1.29. The number of carbonyl (C=O) groups is 1. The molecule has 0 bridgehead atoms. The number of carbonyl (C=O) groups excluding carboxylic acids is 1. The lowest BCUT2D eigenvalue weighted by Crippen LogP contribution is -2.49. The van der Waals surface area contributed by atoms with E-state index in [1.165, 1.54) is 16.7 Å². The lowest BCUT2D eigenvalue weighted by atomic mass is 9.96. The van der Waals surface area contributed by atoms with Crippen LogP contribution in [0.4, 0.5) is 0 Å². The molecule has 3 aromatic rings. The zero-order chi connectivity index (χ0) is 26.5. The highest BCUT2D eigenvalue weighted by Crippen LogP contribution is 2.34. The summed E-state index contributed by atoms with van der Waals surface area (Å²) in [5.41, 5.74) is 6.97. The first-order valence-corrected chi connectivity index (χ1v) is 13.7. The second-order valence-electron chi connectivity index (χ2n) is 10.3. The Morgan fingerprint density at radius 1 is 0.895 bits per heavy atom. The molecule has 0 spiro atoms. The van der Waals surface area contributed by atoms with E-state index in [2.05, 4.69) is 84.3 Å². The quantitative estimate of drug-likeness (QED) is 0.418. The van der Waals surface area contributed by atoms with Crippen LogP contribution >= 0.6 is 0 Å². The van der Waals surface area contributed by atoms with E-state index in [1.807, 2.05) is 19.1 Å². The summed E-state index contributed by atoms with van der Waals surface area (Å²) in [4.78, 5) is 18.4. The van der Waals surface area contributed by atoms with E-state index in [1.54, 1.807) is 5.01 Å². The number of piperazine rings is 1. The van der Waals surface area contributed by atoms with Crippen LogP contribution in [0.15, 0.2) is 77.9 Å². The van der Waals surface area contributed by atoms with Crippen LogP contribution in [-0.2, 0) is 11.3 Å². The predicted octanol–water partition coefficient (Wildman–Crippen LogP) is 5.20. The maximum Gasteiger partial charge on any atom is 0.257 e. The van der Waals surface area contributed by atoms with E-state index in [0.29, 0.717) is 19.6 Å². The summed E-state index contributed by atoms with van der Waals surface area (Å²) in [6.45, 7) is 11.9. The third-order valence-electron chi connectivity index (χ3n) is 7.65. The molecule has 2 heterocycles. The third-order valence-corrected chi connectivity index (χ3v) is 7.65. The predicted molar refractivity (Wildman–Crippen MR) is 152 cm³/mol. The number of hydrazone groups is 1. The van der Waals surface area contributed by atoms with Gasteiger partial charge in [0.05, 0.1) is 24.9 Å². The molecule has 0 aliphatic carbocycles. The van der Waals surface area contributed by atoms with Gasteiger partial charge in [-0.1, -0.05) is 54.6 Å². The largest absolute Gasteiger partial charge is 0.494 e. The molecule has 38 heavy (non-hydrogen) atoms. The normalized spacial score (nSPS) is 18.4. The molecule has 1 saturated heterocycles. The Hall–Kier alpha value is -3.48. The van der Waals surface area contributed by atoms with Crippen LogP contribution in [0.2, 0.25) is 0 Å². The van der Waals surface area contributed by atoms with Crippen LogP contribution in [0, 0.1) is 13.8 Å². The number of ether oxygens (including phenoxy) is 1. The zero-order valence-electron chi connectivity index (χ0n) is 22.8. The molecule has 0 N–H and O–H groups in total. The Labute approximate surface area is 226 Å². The minimum Gasteiger partial charge on any atom is -0.494 e. The first kappa shape index (κ1) is 26.1. The van der Waals surface area contributed by atoms with Crippen molar-refractivity contribution < 1.29 is 9.53 Å². The molecule has 1 amide bonds. The van der Waals surface area contributed by atoms with Crippen molar-refractivity contribution in [1.82, 2.24) is 14.8 Å². The number of aryl methyl sites for hydroxylation is 2. The standard InChI is InChI=1S/C32H38N4O2/c1-4-38-29-14-12-27(13-15-29)31-21-30(28-11-10-24(2)25(3)20-28)33-36(31)32(37)23-35-18-16-34(17-19-35)22-26-8-6-5-7-9-26/h5-15,20,31H,4,16-19,21-23H2,1-3H3/t31-/m0/s1. The molecule has 2 aliphatic rings. The summed E-state index contributed by atoms with van der Waals surface area (Å²) in [5, 5.41) is 6.65. The molecule has 1 fully saturated rings. The van der Waals surface area contributed by atoms with Gasteiger partial charge in [0, 0.05) is 39.1 Å². The van der Waals surface area contributed by atoms with Gasteiger partial charge in [0.25, 0.3) is 5.91 Å². The van der Waals surface area contributed by atoms with Crippen LogP contribution in [0.3, 0.4) is 0 Å². The van der Waals surface area contributed by atoms with Crippen LogP contribution in [0.25, 0.3) is 0 Å². The smallest absolute Gasteiger partial charge is 0.257 e. The molecule has 3 aromatic carbocycles. The van der Waals surface area contributed by atoms with Gasteiger partial charge in [-0.3, -0.25) is 14.6 Å². The second kappa shape index (κ2) is 11.9. The minimum atomic E-state index is -0.117. The molecule has 0 saturated carbocycles. The first-order valence-electron chi connectivity index (χ1n) is 13.7. The number of nitrogens with zero attached hydrogens (tertiary/aromatic N) is 4. The van der Waals surface area contributed by atoms with Gasteiger partial charge in [-0.25, -0.2) is 5.01 Å². The summed E-state index contributed by atoms with van der Waals surface area (Å²) in [7, 11) is 0. The number of hydrogen-bond acceptors (Lipinski definition) is 5. The SMILES string of the molecule is CCOc1ccc([C@@H]2CC(c3ccc(C)c(C)c3)=NN2C(=O)CN2CCN(Cc3ccccc3)CC2)cc1. The van der Waals surface area contributed by atoms with Gasteiger partial charge in [-0.05, 0) is 66.8 Å². The van der Waals surface area contributed by atoms with Crippen LogP contribution in [0.5, 0.6) is 5.75 Å². The van der Waals surface area contributed by atoms with Gasteiger partial charge in [0.2, 0.25) is 0 Å². The number of hydrogen-bond donors (Lipinski definition) is 0. The average Bonchev–Trinajstić information content (AvgIpc) is 3.38. The number of amides is 1. The van der Waals surface area contributed by atoms with E-state index < -0.39 is 0 Å². The summed E-state index contributed by atoms with van der Waals surface area (Å²) < 4.78 is 5.64. The highest BCUT2D eigenvalue weighted by molar-refractivity contribution is 6.03. The molecular weight excluding hydrogens is 472 g/mol.